The number of benzene rings is 1. The maximum Gasteiger partial charge on any atom is 0.315 e. The second kappa shape index (κ2) is 8.68. The molecule has 3 aliphatic rings. The van der Waals surface area contributed by atoms with Crippen LogP contribution < -0.4 is 0 Å². The lowest BCUT2D eigenvalue weighted by Gasteiger charge is -2.39. The number of carbonyl (C=O) groups excluding carboxylic acids is 2. The van der Waals surface area contributed by atoms with Crippen LogP contribution in [0, 0.1) is 17.2 Å². The van der Waals surface area contributed by atoms with Crippen LogP contribution in [0.15, 0.2) is 40.5 Å². The zero-order chi connectivity index (χ0) is 22.2. The topological polar surface area (TPSA) is 55.7 Å². The van der Waals surface area contributed by atoms with E-state index >= 15 is 0 Å². The lowest BCUT2D eigenvalue weighted by Crippen LogP contribution is -2.40. The third kappa shape index (κ3) is 4.51. The first kappa shape index (κ1) is 21.9. The Labute approximate surface area is 184 Å². The Morgan fingerprint density at radius 1 is 1.10 bits per heavy atom. The maximum absolute atomic E-state index is 15.0. The molecule has 1 aliphatic heterocycles. The van der Waals surface area contributed by atoms with Crippen LogP contribution in [-0.4, -0.2) is 23.6 Å². The van der Waals surface area contributed by atoms with Crippen molar-refractivity contribution in [3.05, 3.63) is 46.9 Å². The van der Waals surface area contributed by atoms with Crippen molar-refractivity contribution in [2.24, 2.45) is 16.3 Å². The van der Waals surface area contributed by atoms with Gasteiger partial charge in [-0.1, -0.05) is 44.9 Å². The summed E-state index contributed by atoms with van der Waals surface area (Å²) < 4.78 is 20.9. The number of Topliss-reactive ketones (excluding diaryl/α,β-unsaturated/α-hetero) is 1. The van der Waals surface area contributed by atoms with Gasteiger partial charge in [-0.15, -0.1) is 0 Å². The number of halogens is 1. The van der Waals surface area contributed by atoms with Crippen LogP contribution in [0.5, 0.6) is 0 Å². The molecule has 1 aromatic carbocycles. The van der Waals surface area contributed by atoms with Gasteiger partial charge in [-0.3, -0.25) is 14.6 Å². The fourth-order valence-electron chi connectivity index (χ4n) is 5.41. The monoisotopic (exact) mass is 425 g/mol. The minimum absolute atomic E-state index is 0.0389. The van der Waals surface area contributed by atoms with E-state index in [2.05, 4.69) is 0 Å². The molecule has 5 heteroatoms. The van der Waals surface area contributed by atoms with Crippen LogP contribution in [-0.2, 0) is 14.3 Å². The van der Waals surface area contributed by atoms with E-state index in [1.807, 2.05) is 20.8 Å². The summed E-state index contributed by atoms with van der Waals surface area (Å²) in [5, 5.41) is 0. The molecular weight excluding hydrogens is 393 g/mol. The number of ketones is 1. The fraction of sp³-hybridized carbons (Fsp3) is 0.577. The summed E-state index contributed by atoms with van der Waals surface area (Å²) in [7, 11) is 0. The van der Waals surface area contributed by atoms with Crippen molar-refractivity contribution in [1.29, 1.82) is 0 Å². The number of carbonyl (C=O) groups is 2. The van der Waals surface area contributed by atoms with Gasteiger partial charge in [0.2, 0.25) is 0 Å². The molecule has 0 amide bonds. The number of allylic oxidation sites excluding steroid dienone is 2. The Bertz CT molecular complexity index is 938. The van der Waals surface area contributed by atoms with Gasteiger partial charge in [-0.2, -0.15) is 0 Å². The predicted molar refractivity (Wildman–Crippen MR) is 118 cm³/mol. The van der Waals surface area contributed by atoms with Gasteiger partial charge in [-0.25, -0.2) is 4.39 Å². The first-order valence-electron chi connectivity index (χ1n) is 11.5. The Balaban J connectivity index is 1.74. The number of hydrogen-bond acceptors (Lipinski definition) is 4. The van der Waals surface area contributed by atoms with Crippen LogP contribution in [0.4, 0.5) is 4.39 Å². The Kier molecular flexibility index (Phi) is 6.14. The minimum Gasteiger partial charge on any atom is -0.462 e. The molecule has 0 radical (unpaired) electrons. The van der Waals surface area contributed by atoms with Crippen LogP contribution in [0.1, 0.15) is 83.6 Å². The van der Waals surface area contributed by atoms with Gasteiger partial charge in [0.1, 0.15) is 17.8 Å². The molecule has 1 unspecified atom stereocenters. The van der Waals surface area contributed by atoms with Crippen LogP contribution in [0.3, 0.4) is 0 Å². The van der Waals surface area contributed by atoms with Crippen molar-refractivity contribution in [2.45, 2.75) is 84.2 Å². The molecule has 1 saturated carbocycles. The molecule has 2 atom stereocenters. The van der Waals surface area contributed by atoms with E-state index in [0.29, 0.717) is 35.4 Å². The zero-order valence-electron chi connectivity index (χ0n) is 18.7. The number of ether oxygens (including phenoxy) is 1. The zero-order valence-corrected chi connectivity index (χ0v) is 18.7. The van der Waals surface area contributed by atoms with Crippen molar-refractivity contribution in [2.75, 3.05) is 0 Å². The molecule has 0 saturated heterocycles. The first-order valence-corrected chi connectivity index (χ1v) is 11.5. The average molecular weight is 426 g/mol. The Hall–Kier alpha value is -2.30. The lowest BCUT2D eigenvalue weighted by molar-refractivity contribution is -0.152. The van der Waals surface area contributed by atoms with Gasteiger partial charge in [0.05, 0.1) is 0 Å². The van der Waals surface area contributed by atoms with Crippen molar-refractivity contribution >= 4 is 17.5 Å². The molecule has 1 aromatic rings. The molecule has 0 spiro atoms. The van der Waals surface area contributed by atoms with Crippen molar-refractivity contribution in [3.8, 4) is 0 Å². The molecule has 4 nitrogen and oxygen atoms in total. The maximum atomic E-state index is 15.0. The molecule has 0 N–H and O–H groups in total. The molecular formula is C26H32FNO3. The molecule has 0 bridgehead atoms. The largest absolute Gasteiger partial charge is 0.462 e. The number of nitrogens with zero attached hydrogens (tertiary/aromatic N) is 1. The third-order valence-corrected chi connectivity index (χ3v) is 6.88. The summed E-state index contributed by atoms with van der Waals surface area (Å²) in [5.41, 5.74) is 1.98. The van der Waals surface area contributed by atoms with E-state index in [4.69, 9.17) is 9.73 Å². The van der Waals surface area contributed by atoms with E-state index in [-0.39, 0.29) is 23.3 Å². The Morgan fingerprint density at radius 3 is 2.45 bits per heavy atom. The second-order valence-electron chi connectivity index (χ2n) is 10.1. The SMILES string of the molecule is CC1=NC2=C(C(=O)CC(C)(C)C2)[C@@H](c2ccccc2F)C1C(=O)OC1CCCCCC1. The van der Waals surface area contributed by atoms with Crippen LogP contribution in [0.2, 0.25) is 0 Å². The normalized spacial score (nSPS) is 26.7. The highest BCUT2D eigenvalue weighted by Gasteiger charge is 2.47. The number of esters is 1. The molecule has 1 fully saturated rings. The standard InChI is InChI=1S/C26H32FNO3/c1-16-22(25(30)31-17-10-6-4-5-7-11-17)23(18-12-8-9-13-19(18)27)24-20(28-16)14-26(2,3)15-21(24)29/h8-9,12-13,17,22-23H,4-7,10-11,14-15H2,1-3H3/t22?,23-/m0/s1. The lowest BCUT2D eigenvalue weighted by atomic mass is 9.67. The van der Waals surface area contributed by atoms with E-state index < -0.39 is 17.7 Å². The van der Waals surface area contributed by atoms with Gasteiger partial charge in [0.25, 0.3) is 0 Å². The third-order valence-electron chi connectivity index (χ3n) is 6.88. The van der Waals surface area contributed by atoms with Gasteiger partial charge in [0.15, 0.2) is 5.78 Å². The molecule has 2 aliphatic carbocycles. The number of aliphatic imine (C=N–C) groups is 1. The first-order chi connectivity index (χ1) is 14.8. The van der Waals surface area contributed by atoms with E-state index in [0.717, 1.165) is 38.5 Å². The van der Waals surface area contributed by atoms with Gasteiger partial charge < -0.3 is 4.74 Å². The van der Waals surface area contributed by atoms with Gasteiger partial charge >= 0.3 is 5.97 Å². The summed E-state index contributed by atoms with van der Waals surface area (Å²) in [6.07, 6.45) is 7.05. The minimum atomic E-state index is -0.774. The predicted octanol–water partition coefficient (Wildman–Crippen LogP) is 5.91. The summed E-state index contributed by atoms with van der Waals surface area (Å²) in [6, 6.07) is 6.46. The quantitative estimate of drug-likeness (QED) is 0.447. The highest BCUT2D eigenvalue weighted by Crippen LogP contribution is 2.48. The van der Waals surface area contributed by atoms with Gasteiger partial charge in [-0.05, 0) is 56.1 Å². The Morgan fingerprint density at radius 2 is 1.77 bits per heavy atom. The van der Waals surface area contributed by atoms with E-state index in [1.165, 1.54) is 6.07 Å². The summed E-state index contributed by atoms with van der Waals surface area (Å²) in [4.78, 5) is 31.4. The summed E-state index contributed by atoms with van der Waals surface area (Å²) in [6.45, 7) is 5.90. The molecule has 166 valence electrons. The van der Waals surface area contributed by atoms with E-state index in [9.17, 15) is 14.0 Å². The smallest absolute Gasteiger partial charge is 0.315 e. The summed E-state index contributed by atoms with van der Waals surface area (Å²) >= 11 is 0. The summed E-state index contributed by atoms with van der Waals surface area (Å²) in [5.74, 6) is -2.29. The van der Waals surface area contributed by atoms with Crippen LogP contribution >= 0.6 is 0 Å². The highest BCUT2D eigenvalue weighted by molar-refractivity contribution is 6.09. The van der Waals surface area contributed by atoms with Crippen LogP contribution in [0.25, 0.3) is 0 Å². The van der Waals surface area contributed by atoms with Gasteiger partial charge in [0, 0.05) is 29.3 Å². The number of rotatable bonds is 3. The fourth-order valence-corrected chi connectivity index (χ4v) is 5.41. The van der Waals surface area contributed by atoms with Crippen molar-refractivity contribution in [3.63, 3.8) is 0 Å². The van der Waals surface area contributed by atoms with Crippen molar-refractivity contribution < 1.29 is 18.7 Å². The molecule has 4 rings (SSSR count). The second-order valence-corrected chi connectivity index (χ2v) is 10.1. The van der Waals surface area contributed by atoms with Crippen molar-refractivity contribution in [1.82, 2.24) is 0 Å². The van der Waals surface area contributed by atoms with E-state index in [1.54, 1.807) is 18.2 Å². The number of hydrogen-bond donors (Lipinski definition) is 0. The average Bonchev–Trinajstić information content (AvgIpc) is 2.95. The molecule has 31 heavy (non-hydrogen) atoms. The highest BCUT2D eigenvalue weighted by atomic mass is 19.1. The molecule has 0 aromatic heterocycles. The molecule has 1 heterocycles.